The lowest BCUT2D eigenvalue weighted by Crippen LogP contribution is -2.35. The van der Waals surface area contributed by atoms with Gasteiger partial charge in [0.15, 0.2) is 0 Å². The van der Waals surface area contributed by atoms with Gasteiger partial charge in [-0.25, -0.2) is 0 Å². The molecule has 0 amide bonds. The second-order valence-corrected chi connectivity index (χ2v) is 4.00. The lowest BCUT2D eigenvalue weighted by Gasteiger charge is -2.22. The van der Waals surface area contributed by atoms with Gasteiger partial charge in [-0.1, -0.05) is 30.3 Å². The Hall–Kier alpha value is -1.15. The van der Waals surface area contributed by atoms with Crippen LogP contribution in [0.25, 0.3) is 0 Å². The fourth-order valence-electron chi connectivity index (χ4n) is 1.45. The summed E-state index contributed by atoms with van der Waals surface area (Å²) in [4.78, 5) is 13.2. The minimum atomic E-state index is 0.0220. The Morgan fingerprint density at radius 2 is 1.93 bits per heavy atom. The molecule has 0 aliphatic carbocycles. The van der Waals surface area contributed by atoms with Crippen LogP contribution in [0.1, 0.15) is 19.4 Å². The van der Waals surface area contributed by atoms with Crippen LogP contribution in [0.5, 0.6) is 0 Å². The topological polar surface area (TPSA) is 20.3 Å². The highest BCUT2D eigenvalue weighted by Crippen LogP contribution is 2.03. The monoisotopic (exact) mass is 205 g/mol. The fraction of sp³-hybridized carbons (Fsp3) is 0.462. The van der Waals surface area contributed by atoms with Crippen molar-refractivity contribution in [3.63, 3.8) is 0 Å². The first-order valence-corrected chi connectivity index (χ1v) is 5.36. The van der Waals surface area contributed by atoms with Crippen molar-refractivity contribution >= 4 is 5.78 Å². The summed E-state index contributed by atoms with van der Waals surface area (Å²) in [6.07, 6.45) is 0.995. The molecule has 2 heteroatoms. The minimum Gasteiger partial charge on any atom is -0.298 e. The van der Waals surface area contributed by atoms with Gasteiger partial charge < -0.3 is 0 Å². The first-order valence-electron chi connectivity index (χ1n) is 5.36. The highest BCUT2D eigenvalue weighted by atomic mass is 16.1. The molecule has 1 atom stereocenters. The number of ketones is 1. The summed E-state index contributed by atoms with van der Waals surface area (Å²) >= 11 is 0. The maximum absolute atomic E-state index is 11.2. The normalized spacial score (nSPS) is 12.8. The number of hydrogen-bond acceptors (Lipinski definition) is 2. The average Bonchev–Trinajstić information content (AvgIpc) is 2.26. The molecule has 0 saturated heterocycles. The molecule has 0 aromatic heterocycles. The van der Waals surface area contributed by atoms with Crippen LogP contribution in [0.2, 0.25) is 0 Å². The Balaban J connectivity index is 2.41. The molecular weight excluding hydrogens is 186 g/mol. The fourth-order valence-corrected chi connectivity index (χ4v) is 1.45. The van der Waals surface area contributed by atoms with Gasteiger partial charge >= 0.3 is 0 Å². The van der Waals surface area contributed by atoms with Crippen molar-refractivity contribution in [2.75, 3.05) is 13.6 Å². The summed E-state index contributed by atoms with van der Waals surface area (Å²) in [5.74, 6) is 0.227. The summed E-state index contributed by atoms with van der Waals surface area (Å²) in [5.41, 5.74) is 1.32. The van der Waals surface area contributed by atoms with Gasteiger partial charge in [0, 0.05) is 6.54 Å². The molecule has 0 N–H and O–H groups in total. The molecule has 1 aromatic rings. The summed E-state index contributed by atoms with van der Waals surface area (Å²) in [6.45, 7) is 4.52. The van der Waals surface area contributed by atoms with E-state index in [0.717, 1.165) is 13.0 Å². The molecule has 2 nitrogen and oxygen atoms in total. The van der Waals surface area contributed by atoms with Crippen LogP contribution in [0, 0.1) is 0 Å². The first-order chi connectivity index (χ1) is 7.11. The van der Waals surface area contributed by atoms with Crippen molar-refractivity contribution in [3.8, 4) is 0 Å². The SMILES string of the molecule is CC(=O)C(C)N(C)CCc1ccccc1. The first kappa shape index (κ1) is 11.9. The van der Waals surface area contributed by atoms with E-state index in [0.29, 0.717) is 0 Å². The molecule has 1 aromatic carbocycles. The molecule has 0 saturated carbocycles. The Morgan fingerprint density at radius 1 is 1.33 bits per heavy atom. The van der Waals surface area contributed by atoms with Crippen molar-refractivity contribution < 1.29 is 4.79 Å². The van der Waals surface area contributed by atoms with Gasteiger partial charge in [0.1, 0.15) is 5.78 Å². The third kappa shape index (κ3) is 3.84. The molecule has 1 rings (SSSR count). The van der Waals surface area contributed by atoms with E-state index in [9.17, 15) is 4.79 Å². The predicted molar refractivity (Wildman–Crippen MR) is 62.9 cm³/mol. The zero-order chi connectivity index (χ0) is 11.3. The van der Waals surface area contributed by atoms with Gasteiger partial charge in [0.05, 0.1) is 6.04 Å². The van der Waals surface area contributed by atoms with Gasteiger partial charge in [0.2, 0.25) is 0 Å². The summed E-state index contributed by atoms with van der Waals surface area (Å²) in [7, 11) is 2.00. The van der Waals surface area contributed by atoms with Crippen molar-refractivity contribution in [2.45, 2.75) is 26.3 Å². The van der Waals surface area contributed by atoms with Gasteiger partial charge in [0.25, 0.3) is 0 Å². The molecule has 0 spiro atoms. The Kier molecular flexibility index (Phi) is 4.50. The highest BCUT2D eigenvalue weighted by molar-refractivity contribution is 5.80. The van der Waals surface area contributed by atoms with Crippen molar-refractivity contribution in [2.24, 2.45) is 0 Å². The van der Waals surface area contributed by atoms with Crippen molar-refractivity contribution in [1.29, 1.82) is 0 Å². The van der Waals surface area contributed by atoms with Gasteiger partial charge in [-0.2, -0.15) is 0 Å². The lowest BCUT2D eigenvalue weighted by atomic mass is 10.1. The summed E-state index contributed by atoms with van der Waals surface area (Å²) < 4.78 is 0. The number of hydrogen-bond donors (Lipinski definition) is 0. The molecule has 0 aliphatic rings. The number of Topliss-reactive ketones (excluding diaryl/α,β-unsaturated/α-hetero) is 1. The molecule has 82 valence electrons. The van der Waals surface area contributed by atoms with Crippen LogP contribution in [-0.4, -0.2) is 30.3 Å². The predicted octanol–water partition coefficient (Wildman–Crippen LogP) is 2.14. The van der Waals surface area contributed by atoms with Crippen LogP contribution in [0.3, 0.4) is 0 Å². The van der Waals surface area contributed by atoms with E-state index in [1.165, 1.54) is 5.56 Å². The number of carbonyl (C=O) groups is 1. The van der Waals surface area contributed by atoms with E-state index in [1.807, 2.05) is 32.2 Å². The van der Waals surface area contributed by atoms with E-state index in [4.69, 9.17) is 0 Å². The van der Waals surface area contributed by atoms with E-state index in [1.54, 1.807) is 6.92 Å². The molecule has 0 heterocycles. The third-order valence-electron chi connectivity index (χ3n) is 2.85. The highest BCUT2D eigenvalue weighted by Gasteiger charge is 2.12. The number of carbonyl (C=O) groups excluding carboxylic acids is 1. The maximum atomic E-state index is 11.2. The Bertz CT molecular complexity index is 308. The van der Waals surface area contributed by atoms with Crippen LogP contribution in [-0.2, 0) is 11.2 Å². The molecule has 0 bridgehead atoms. The smallest absolute Gasteiger partial charge is 0.146 e. The molecule has 15 heavy (non-hydrogen) atoms. The van der Waals surface area contributed by atoms with Crippen LogP contribution in [0.15, 0.2) is 30.3 Å². The van der Waals surface area contributed by atoms with Crippen LogP contribution >= 0.6 is 0 Å². The lowest BCUT2D eigenvalue weighted by molar-refractivity contribution is -0.121. The zero-order valence-corrected chi connectivity index (χ0v) is 9.73. The molecule has 0 fully saturated rings. The summed E-state index contributed by atoms with van der Waals surface area (Å²) in [5, 5.41) is 0. The standard InChI is InChI=1S/C13H19NO/c1-11(12(2)15)14(3)10-9-13-7-5-4-6-8-13/h4-8,11H,9-10H2,1-3H3. The number of nitrogens with zero attached hydrogens (tertiary/aromatic N) is 1. The molecule has 0 aliphatic heterocycles. The molecular formula is C13H19NO. The van der Waals surface area contributed by atoms with Crippen LogP contribution in [0.4, 0.5) is 0 Å². The number of benzene rings is 1. The third-order valence-corrected chi connectivity index (χ3v) is 2.85. The second kappa shape index (κ2) is 5.66. The van der Waals surface area contributed by atoms with E-state index in [2.05, 4.69) is 17.0 Å². The molecule has 0 radical (unpaired) electrons. The van der Waals surface area contributed by atoms with Gasteiger partial charge in [-0.3, -0.25) is 9.69 Å². The largest absolute Gasteiger partial charge is 0.298 e. The molecule has 1 unspecified atom stereocenters. The minimum absolute atomic E-state index is 0.0220. The average molecular weight is 205 g/mol. The Morgan fingerprint density at radius 3 is 2.47 bits per heavy atom. The Labute approximate surface area is 91.9 Å². The van der Waals surface area contributed by atoms with Crippen molar-refractivity contribution in [1.82, 2.24) is 4.90 Å². The van der Waals surface area contributed by atoms with Gasteiger partial charge in [-0.05, 0) is 32.9 Å². The van der Waals surface area contributed by atoms with E-state index < -0.39 is 0 Å². The quantitative estimate of drug-likeness (QED) is 0.734. The zero-order valence-electron chi connectivity index (χ0n) is 9.73. The number of likely N-dealkylation sites (N-methyl/N-ethyl adjacent to an activating group) is 1. The van der Waals surface area contributed by atoms with E-state index >= 15 is 0 Å². The summed E-state index contributed by atoms with van der Waals surface area (Å²) in [6, 6.07) is 10.4. The number of rotatable bonds is 5. The van der Waals surface area contributed by atoms with Gasteiger partial charge in [-0.15, -0.1) is 0 Å². The van der Waals surface area contributed by atoms with Crippen molar-refractivity contribution in [3.05, 3.63) is 35.9 Å². The second-order valence-electron chi connectivity index (χ2n) is 4.00. The maximum Gasteiger partial charge on any atom is 0.146 e. The van der Waals surface area contributed by atoms with Crippen LogP contribution < -0.4 is 0 Å². The van der Waals surface area contributed by atoms with E-state index in [-0.39, 0.29) is 11.8 Å².